The molecule has 1 aromatic heterocycles. The number of anilines is 1. The average Bonchev–Trinajstić information content (AvgIpc) is 2.67. The fourth-order valence-corrected chi connectivity index (χ4v) is 2.42. The second-order valence-corrected chi connectivity index (χ2v) is 5.90. The van der Waals surface area contributed by atoms with Gasteiger partial charge >= 0.3 is 0 Å². The van der Waals surface area contributed by atoms with Crippen molar-refractivity contribution < 1.29 is 9.13 Å². The summed E-state index contributed by atoms with van der Waals surface area (Å²) in [4.78, 5) is 8.33. The summed E-state index contributed by atoms with van der Waals surface area (Å²) in [6.07, 6.45) is 10.3. The number of rotatable bonds is 10. The number of guanidine groups is 1. The second-order valence-electron chi connectivity index (χ2n) is 5.90. The third-order valence-corrected chi connectivity index (χ3v) is 3.75. The van der Waals surface area contributed by atoms with E-state index >= 15 is 0 Å². The van der Waals surface area contributed by atoms with Crippen LogP contribution >= 0.6 is 0 Å². The van der Waals surface area contributed by atoms with E-state index in [9.17, 15) is 4.39 Å². The molecule has 6 nitrogen and oxygen atoms in total. The van der Waals surface area contributed by atoms with Gasteiger partial charge in [0.25, 0.3) is 0 Å². The first kappa shape index (κ1) is 20.2. The smallest absolute Gasteiger partial charge is 0.209 e. The molecule has 0 fully saturated rings. The molecule has 0 saturated carbocycles. The van der Waals surface area contributed by atoms with Crippen molar-refractivity contribution in [1.82, 2.24) is 10.3 Å². The van der Waals surface area contributed by atoms with Gasteiger partial charge in [-0.1, -0.05) is 25.3 Å². The summed E-state index contributed by atoms with van der Waals surface area (Å²) in [7, 11) is 0. The number of benzene rings is 1. The van der Waals surface area contributed by atoms with Crippen LogP contribution < -0.4 is 15.4 Å². The van der Waals surface area contributed by atoms with Gasteiger partial charge in [0.1, 0.15) is 11.6 Å². The summed E-state index contributed by atoms with van der Waals surface area (Å²) in [5, 5.41) is 14.4. The highest BCUT2D eigenvalue weighted by molar-refractivity contribution is 5.94. The van der Waals surface area contributed by atoms with Gasteiger partial charge in [-0.05, 0) is 37.1 Å². The van der Waals surface area contributed by atoms with Gasteiger partial charge in [-0.15, -0.1) is 0 Å². The van der Waals surface area contributed by atoms with Crippen LogP contribution in [0.5, 0.6) is 5.75 Å². The van der Waals surface area contributed by atoms with E-state index in [1.54, 1.807) is 36.7 Å². The second kappa shape index (κ2) is 12.3. The van der Waals surface area contributed by atoms with E-state index in [1.807, 2.05) is 6.19 Å². The molecule has 0 aliphatic carbocycles. The lowest BCUT2D eigenvalue weighted by Gasteiger charge is -2.08. The molecular weight excluding hydrogens is 345 g/mol. The molecule has 1 heterocycles. The molecule has 2 rings (SSSR count). The number of aromatic nitrogens is 1. The minimum absolute atomic E-state index is 0.281. The first-order chi connectivity index (χ1) is 13.3. The summed E-state index contributed by atoms with van der Waals surface area (Å²) in [5.74, 6) is 0.729. The lowest BCUT2D eigenvalue weighted by Crippen LogP contribution is -2.27. The molecule has 27 heavy (non-hydrogen) atoms. The monoisotopic (exact) mass is 369 g/mol. The molecule has 0 atom stereocenters. The number of pyridine rings is 1. The number of hydrogen-bond acceptors (Lipinski definition) is 4. The topological polar surface area (TPSA) is 82.3 Å². The van der Waals surface area contributed by atoms with E-state index in [-0.39, 0.29) is 5.82 Å². The summed E-state index contributed by atoms with van der Waals surface area (Å²) < 4.78 is 18.5. The molecule has 0 saturated heterocycles. The third-order valence-electron chi connectivity index (χ3n) is 3.75. The van der Waals surface area contributed by atoms with Gasteiger partial charge in [0, 0.05) is 30.7 Å². The van der Waals surface area contributed by atoms with Crippen LogP contribution in [0.1, 0.15) is 32.1 Å². The zero-order valence-corrected chi connectivity index (χ0v) is 15.2. The zero-order chi connectivity index (χ0) is 19.2. The molecule has 2 N–H and O–H groups in total. The van der Waals surface area contributed by atoms with Crippen LogP contribution in [0.25, 0.3) is 0 Å². The molecule has 2 aromatic rings. The fourth-order valence-electron chi connectivity index (χ4n) is 2.42. The SMILES string of the molecule is N#CNC(=NCCCCCCCOc1cccc(F)c1)Nc1ccncc1. The largest absolute Gasteiger partial charge is 0.493 e. The summed E-state index contributed by atoms with van der Waals surface area (Å²) in [5.41, 5.74) is 0.824. The van der Waals surface area contributed by atoms with Gasteiger partial charge in [-0.3, -0.25) is 15.3 Å². The normalized spacial score (nSPS) is 10.9. The number of hydrogen-bond donors (Lipinski definition) is 2. The molecule has 7 heteroatoms. The Labute approximate surface area is 159 Å². The average molecular weight is 369 g/mol. The highest BCUT2D eigenvalue weighted by Gasteiger charge is 1.99. The highest BCUT2D eigenvalue weighted by Crippen LogP contribution is 2.13. The molecule has 0 bridgehead atoms. The van der Waals surface area contributed by atoms with E-state index in [2.05, 4.69) is 20.6 Å². The van der Waals surface area contributed by atoms with Crippen LogP contribution in [-0.4, -0.2) is 24.1 Å². The highest BCUT2D eigenvalue weighted by atomic mass is 19.1. The van der Waals surface area contributed by atoms with Crippen molar-refractivity contribution in [3.05, 3.63) is 54.6 Å². The lowest BCUT2D eigenvalue weighted by molar-refractivity contribution is 0.303. The van der Waals surface area contributed by atoms with E-state index in [4.69, 9.17) is 10.00 Å². The zero-order valence-electron chi connectivity index (χ0n) is 15.2. The lowest BCUT2D eigenvalue weighted by atomic mass is 10.1. The molecule has 0 spiro atoms. The van der Waals surface area contributed by atoms with Gasteiger partial charge in [-0.2, -0.15) is 5.26 Å². The number of ether oxygens (including phenoxy) is 1. The first-order valence-electron chi connectivity index (χ1n) is 9.03. The van der Waals surface area contributed by atoms with Crippen LogP contribution in [0.3, 0.4) is 0 Å². The maximum atomic E-state index is 13.0. The Morgan fingerprint density at radius 1 is 1.11 bits per heavy atom. The molecule has 0 unspecified atom stereocenters. The van der Waals surface area contributed by atoms with Crippen LogP contribution in [0.4, 0.5) is 10.1 Å². The Morgan fingerprint density at radius 3 is 2.67 bits per heavy atom. The van der Waals surface area contributed by atoms with Crippen LogP contribution in [-0.2, 0) is 0 Å². The van der Waals surface area contributed by atoms with Gasteiger partial charge < -0.3 is 10.1 Å². The van der Waals surface area contributed by atoms with E-state index in [0.29, 0.717) is 24.9 Å². The summed E-state index contributed by atoms with van der Waals surface area (Å²) in [6.45, 7) is 1.23. The first-order valence-corrected chi connectivity index (χ1v) is 9.03. The standard InChI is InChI=1S/C20H24FN5O/c21-17-7-6-8-19(15-17)27-14-5-3-1-2-4-11-24-20(25-16-22)26-18-9-12-23-13-10-18/h6-10,12-13,15H,1-5,11,14H2,(H2,23,24,25,26). The van der Waals surface area contributed by atoms with E-state index < -0.39 is 0 Å². The van der Waals surface area contributed by atoms with Crippen molar-refractivity contribution in [3.63, 3.8) is 0 Å². The van der Waals surface area contributed by atoms with Crippen LogP contribution in [0.2, 0.25) is 0 Å². The van der Waals surface area contributed by atoms with Gasteiger partial charge in [0.2, 0.25) is 5.96 Å². The minimum Gasteiger partial charge on any atom is -0.493 e. The van der Waals surface area contributed by atoms with Crippen molar-refractivity contribution in [2.75, 3.05) is 18.5 Å². The molecule has 1 aromatic carbocycles. The molecule has 0 radical (unpaired) electrons. The molecule has 0 aliphatic heterocycles. The summed E-state index contributed by atoms with van der Waals surface area (Å²) in [6, 6.07) is 9.81. The third kappa shape index (κ3) is 8.68. The Balaban J connectivity index is 1.55. The van der Waals surface area contributed by atoms with E-state index in [1.165, 1.54) is 12.1 Å². The van der Waals surface area contributed by atoms with Crippen molar-refractivity contribution in [2.24, 2.45) is 4.99 Å². The number of nitrogens with one attached hydrogen (secondary N) is 2. The molecule has 0 amide bonds. The van der Waals surface area contributed by atoms with Crippen LogP contribution in [0, 0.1) is 17.3 Å². The van der Waals surface area contributed by atoms with Gasteiger partial charge in [-0.25, -0.2) is 4.39 Å². The maximum Gasteiger partial charge on any atom is 0.209 e. The fraction of sp³-hybridized carbons (Fsp3) is 0.350. The Morgan fingerprint density at radius 2 is 1.89 bits per heavy atom. The molecule has 0 aliphatic rings. The quantitative estimate of drug-likeness (QED) is 0.217. The predicted octanol–water partition coefficient (Wildman–Crippen LogP) is 4.09. The van der Waals surface area contributed by atoms with Gasteiger partial charge in [0.05, 0.1) is 6.61 Å². The van der Waals surface area contributed by atoms with Crippen LogP contribution in [0.15, 0.2) is 53.8 Å². The minimum atomic E-state index is -0.281. The Kier molecular flexibility index (Phi) is 9.15. The predicted molar refractivity (Wildman–Crippen MR) is 104 cm³/mol. The van der Waals surface area contributed by atoms with Crippen molar-refractivity contribution >= 4 is 11.6 Å². The van der Waals surface area contributed by atoms with Crippen molar-refractivity contribution in [2.45, 2.75) is 32.1 Å². The number of nitrogens with zero attached hydrogens (tertiary/aromatic N) is 3. The molecule has 142 valence electrons. The van der Waals surface area contributed by atoms with Crippen molar-refractivity contribution in [3.8, 4) is 11.9 Å². The number of aliphatic imine (C=N–C) groups is 1. The number of nitriles is 1. The Hall–Kier alpha value is -3.14. The number of unbranched alkanes of at least 4 members (excludes halogenated alkanes) is 4. The Bertz CT molecular complexity index is 746. The van der Waals surface area contributed by atoms with Crippen molar-refractivity contribution in [1.29, 1.82) is 5.26 Å². The maximum absolute atomic E-state index is 13.0. The van der Waals surface area contributed by atoms with E-state index in [0.717, 1.165) is 37.8 Å². The van der Waals surface area contributed by atoms with Gasteiger partial charge in [0.15, 0.2) is 6.19 Å². The summed E-state index contributed by atoms with van der Waals surface area (Å²) >= 11 is 0. The number of halogens is 1. The molecular formula is C20H24FN5O.